The molecule has 0 aliphatic carbocycles. The number of hydrogen-bond acceptors (Lipinski definition) is 2. The van der Waals surface area contributed by atoms with Crippen LogP contribution in [-0.4, -0.2) is 46.1 Å². The largest absolute Gasteiger partial charge is 0.480 e. The first-order chi connectivity index (χ1) is 15.0. The van der Waals surface area contributed by atoms with Gasteiger partial charge in [-0.15, -0.1) is 0 Å². The van der Waals surface area contributed by atoms with Gasteiger partial charge in [-0.25, -0.2) is 9.59 Å². The maximum Gasteiger partial charge on any atom is 0.326 e. The summed E-state index contributed by atoms with van der Waals surface area (Å²) in [5, 5.41) is 13.6. The molecule has 1 aliphatic heterocycles. The molecular formula is C25H29N3O3. The minimum atomic E-state index is -1.02. The highest BCUT2D eigenvalue weighted by atomic mass is 16.4. The standard InChI is InChI=1S/C25H29N3O3/c1-17(21-16-26-22-10-6-5-9-20(21)22)23(24(29)30)27-25(31)28-13-11-19(12-14-28)15-18-7-3-2-4-8-18/h2-10,16-17,19,23,26H,11-15H2,1H3,(H,27,31)(H,29,30)/t17-,23+/m0/s1. The second-order valence-electron chi connectivity index (χ2n) is 8.46. The van der Waals surface area contributed by atoms with E-state index in [-0.39, 0.29) is 11.9 Å². The number of aromatic amines is 1. The lowest BCUT2D eigenvalue weighted by atomic mass is 9.90. The third-order valence-electron chi connectivity index (χ3n) is 6.43. The van der Waals surface area contributed by atoms with Crippen molar-refractivity contribution in [3.63, 3.8) is 0 Å². The monoisotopic (exact) mass is 419 g/mol. The van der Waals surface area contributed by atoms with Crippen LogP contribution in [0.25, 0.3) is 10.9 Å². The summed E-state index contributed by atoms with van der Waals surface area (Å²) in [7, 11) is 0. The summed E-state index contributed by atoms with van der Waals surface area (Å²) in [6, 6.07) is 16.9. The van der Waals surface area contributed by atoms with E-state index < -0.39 is 12.0 Å². The number of nitrogens with zero attached hydrogens (tertiary/aromatic N) is 1. The number of urea groups is 1. The summed E-state index contributed by atoms with van der Waals surface area (Å²) >= 11 is 0. The fourth-order valence-corrected chi connectivity index (χ4v) is 4.56. The van der Waals surface area contributed by atoms with Crippen molar-refractivity contribution in [3.05, 3.63) is 71.9 Å². The predicted octanol–water partition coefficient (Wildman–Crippen LogP) is 4.39. The number of aliphatic carboxylic acids is 1. The van der Waals surface area contributed by atoms with Crippen LogP contribution in [0.4, 0.5) is 4.79 Å². The third kappa shape index (κ3) is 4.74. The van der Waals surface area contributed by atoms with Crippen LogP contribution in [0.3, 0.4) is 0 Å². The van der Waals surface area contributed by atoms with Crippen molar-refractivity contribution in [2.45, 2.75) is 38.1 Å². The Morgan fingerprint density at radius 3 is 2.48 bits per heavy atom. The number of carboxylic acid groups (broad SMARTS) is 1. The fourth-order valence-electron chi connectivity index (χ4n) is 4.56. The van der Waals surface area contributed by atoms with Crippen molar-refractivity contribution in [1.29, 1.82) is 0 Å². The summed E-state index contributed by atoms with van der Waals surface area (Å²) in [5.41, 5.74) is 3.18. The number of amides is 2. The molecule has 4 rings (SSSR count). The molecule has 31 heavy (non-hydrogen) atoms. The molecule has 2 heterocycles. The topological polar surface area (TPSA) is 85.4 Å². The average molecular weight is 420 g/mol. The van der Waals surface area contributed by atoms with Gasteiger partial charge in [0.25, 0.3) is 0 Å². The maximum atomic E-state index is 12.9. The van der Waals surface area contributed by atoms with Gasteiger partial charge >= 0.3 is 12.0 Å². The number of para-hydroxylation sites is 1. The molecule has 2 atom stereocenters. The Morgan fingerprint density at radius 1 is 1.10 bits per heavy atom. The molecule has 0 spiro atoms. The van der Waals surface area contributed by atoms with Gasteiger partial charge in [-0.1, -0.05) is 55.5 Å². The number of aromatic nitrogens is 1. The van der Waals surface area contributed by atoms with E-state index in [4.69, 9.17) is 0 Å². The van der Waals surface area contributed by atoms with E-state index in [1.54, 1.807) is 4.90 Å². The Balaban J connectivity index is 1.37. The van der Waals surface area contributed by atoms with Gasteiger partial charge in [0.1, 0.15) is 6.04 Å². The minimum absolute atomic E-state index is 0.294. The number of rotatable bonds is 6. The molecule has 0 saturated carbocycles. The van der Waals surface area contributed by atoms with Crippen LogP contribution < -0.4 is 5.32 Å². The highest BCUT2D eigenvalue weighted by Gasteiger charge is 2.32. The van der Waals surface area contributed by atoms with Crippen LogP contribution in [0.15, 0.2) is 60.8 Å². The zero-order valence-corrected chi connectivity index (χ0v) is 17.8. The molecule has 3 aromatic rings. The van der Waals surface area contributed by atoms with E-state index in [1.807, 2.05) is 43.5 Å². The van der Waals surface area contributed by atoms with Crippen LogP contribution in [0.5, 0.6) is 0 Å². The van der Waals surface area contributed by atoms with Crippen molar-refractivity contribution in [2.24, 2.45) is 5.92 Å². The smallest absolute Gasteiger partial charge is 0.326 e. The second-order valence-corrected chi connectivity index (χ2v) is 8.46. The van der Waals surface area contributed by atoms with Crippen LogP contribution >= 0.6 is 0 Å². The van der Waals surface area contributed by atoms with Crippen LogP contribution in [0, 0.1) is 5.92 Å². The predicted molar refractivity (Wildman–Crippen MR) is 121 cm³/mol. The SMILES string of the molecule is C[C@@H](c1c[nH]c2ccccc12)[C@@H](NC(=O)N1CCC(Cc2ccccc2)CC1)C(=O)O. The zero-order chi connectivity index (χ0) is 21.8. The first kappa shape index (κ1) is 21.0. The molecule has 2 amide bonds. The highest BCUT2D eigenvalue weighted by Crippen LogP contribution is 2.28. The molecule has 2 aromatic carbocycles. The Labute approximate surface area is 182 Å². The molecule has 0 unspecified atom stereocenters. The summed E-state index contributed by atoms with van der Waals surface area (Å²) in [6.07, 6.45) is 4.72. The zero-order valence-electron chi connectivity index (χ0n) is 17.8. The highest BCUT2D eigenvalue weighted by molar-refractivity contribution is 5.87. The maximum absolute atomic E-state index is 12.9. The lowest BCUT2D eigenvalue weighted by Crippen LogP contribution is -2.51. The Bertz CT molecular complexity index is 1040. The number of benzene rings is 2. The van der Waals surface area contributed by atoms with Crippen LogP contribution in [-0.2, 0) is 11.2 Å². The number of hydrogen-bond donors (Lipinski definition) is 3. The Kier molecular flexibility index (Phi) is 6.26. The molecule has 162 valence electrons. The molecule has 0 bridgehead atoms. The Morgan fingerprint density at radius 2 is 1.77 bits per heavy atom. The normalized spacial score (nSPS) is 16.7. The van der Waals surface area contributed by atoms with Crippen molar-refractivity contribution >= 4 is 22.9 Å². The number of H-pyrrole nitrogens is 1. The molecule has 1 fully saturated rings. The second kappa shape index (κ2) is 9.25. The lowest BCUT2D eigenvalue weighted by molar-refractivity contribution is -0.139. The summed E-state index contributed by atoms with van der Waals surface area (Å²) < 4.78 is 0. The van der Waals surface area contributed by atoms with Gasteiger partial charge in [0.15, 0.2) is 0 Å². The minimum Gasteiger partial charge on any atom is -0.480 e. The Hall–Kier alpha value is -3.28. The van der Waals surface area contributed by atoms with Crippen molar-refractivity contribution in [2.75, 3.05) is 13.1 Å². The lowest BCUT2D eigenvalue weighted by Gasteiger charge is -2.33. The van der Waals surface area contributed by atoms with Gasteiger partial charge in [-0.05, 0) is 42.4 Å². The number of fused-ring (bicyclic) bond motifs is 1. The molecule has 6 heteroatoms. The van der Waals surface area contributed by atoms with E-state index >= 15 is 0 Å². The number of carbonyl (C=O) groups excluding carboxylic acids is 1. The number of carboxylic acids is 1. The summed E-state index contributed by atoms with van der Waals surface area (Å²) in [4.78, 5) is 29.8. The van der Waals surface area contributed by atoms with Gasteiger partial charge in [-0.3, -0.25) is 0 Å². The quantitative estimate of drug-likeness (QED) is 0.554. The van der Waals surface area contributed by atoms with Crippen LogP contribution in [0.2, 0.25) is 0 Å². The molecule has 3 N–H and O–H groups in total. The molecular weight excluding hydrogens is 390 g/mol. The molecule has 1 aliphatic rings. The van der Waals surface area contributed by atoms with Gasteiger partial charge in [0, 0.05) is 36.1 Å². The summed E-state index contributed by atoms with van der Waals surface area (Å²) in [6.45, 7) is 3.15. The van der Waals surface area contributed by atoms with Gasteiger partial charge in [0.2, 0.25) is 0 Å². The van der Waals surface area contributed by atoms with Gasteiger partial charge in [0.05, 0.1) is 0 Å². The van der Waals surface area contributed by atoms with Crippen molar-refractivity contribution in [1.82, 2.24) is 15.2 Å². The van der Waals surface area contributed by atoms with E-state index in [9.17, 15) is 14.7 Å². The van der Waals surface area contributed by atoms with E-state index in [1.165, 1.54) is 5.56 Å². The van der Waals surface area contributed by atoms with E-state index in [0.29, 0.717) is 19.0 Å². The van der Waals surface area contributed by atoms with Crippen LogP contribution in [0.1, 0.15) is 36.8 Å². The van der Waals surface area contributed by atoms with E-state index in [0.717, 1.165) is 35.7 Å². The van der Waals surface area contributed by atoms with Crippen molar-refractivity contribution in [3.8, 4) is 0 Å². The van der Waals surface area contributed by atoms with Crippen molar-refractivity contribution < 1.29 is 14.7 Å². The first-order valence-corrected chi connectivity index (χ1v) is 10.9. The fraction of sp³-hybridized carbons (Fsp3) is 0.360. The molecule has 0 radical (unpaired) electrons. The molecule has 6 nitrogen and oxygen atoms in total. The van der Waals surface area contributed by atoms with Gasteiger partial charge < -0.3 is 20.3 Å². The molecule has 1 aromatic heterocycles. The van der Waals surface area contributed by atoms with E-state index in [2.05, 4.69) is 34.6 Å². The number of likely N-dealkylation sites (tertiary alicyclic amines) is 1. The average Bonchev–Trinajstić information content (AvgIpc) is 3.22. The first-order valence-electron chi connectivity index (χ1n) is 10.9. The van der Waals surface area contributed by atoms with Gasteiger partial charge in [-0.2, -0.15) is 0 Å². The summed E-state index contributed by atoms with van der Waals surface area (Å²) in [5.74, 6) is -0.842. The number of nitrogens with one attached hydrogen (secondary N) is 2. The number of piperidine rings is 1. The molecule has 1 saturated heterocycles. The third-order valence-corrected chi connectivity index (χ3v) is 6.43. The number of carbonyl (C=O) groups is 2.